The summed E-state index contributed by atoms with van der Waals surface area (Å²) < 4.78 is 1.98. The number of aryl methyl sites for hydroxylation is 3. The van der Waals surface area contributed by atoms with Gasteiger partial charge in [-0.15, -0.1) is 10.2 Å². The zero-order valence-corrected chi connectivity index (χ0v) is 11.5. The molecular weight excluding hydrogens is 240 g/mol. The van der Waals surface area contributed by atoms with Crippen molar-refractivity contribution in [1.82, 2.24) is 24.7 Å². The van der Waals surface area contributed by atoms with E-state index in [-0.39, 0.29) is 6.04 Å². The Morgan fingerprint density at radius 3 is 2.58 bits per heavy atom. The predicted octanol–water partition coefficient (Wildman–Crippen LogP) is 1.56. The van der Waals surface area contributed by atoms with E-state index < -0.39 is 0 Å². The minimum absolute atomic E-state index is 0.230. The lowest BCUT2D eigenvalue weighted by Gasteiger charge is -2.24. The molecule has 19 heavy (non-hydrogen) atoms. The van der Waals surface area contributed by atoms with Crippen molar-refractivity contribution >= 4 is 5.95 Å². The van der Waals surface area contributed by atoms with Gasteiger partial charge in [0.1, 0.15) is 6.33 Å². The molecular formula is C13H18N6. The van der Waals surface area contributed by atoms with Crippen LogP contribution in [0.4, 0.5) is 5.95 Å². The van der Waals surface area contributed by atoms with E-state index in [1.165, 1.54) is 0 Å². The number of hydrogen-bond donors (Lipinski definition) is 0. The first-order valence-corrected chi connectivity index (χ1v) is 6.58. The van der Waals surface area contributed by atoms with Crippen molar-refractivity contribution < 1.29 is 0 Å². The number of rotatable bonds is 2. The molecule has 0 bridgehead atoms. The van der Waals surface area contributed by atoms with Crippen LogP contribution in [0, 0.1) is 13.8 Å². The molecule has 1 atom stereocenters. The molecule has 0 spiro atoms. The third kappa shape index (κ3) is 2.18. The Labute approximate surface area is 112 Å². The highest BCUT2D eigenvalue weighted by atomic mass is 15.3. The molecule has 0 saturated carbocycles. The number of hydrogen-bond acceptors (Lipinski definition) is 5. The molecule has 2 aromatic rings. The summed E-state index contributed by atoms with van der Waals surface area (Å²) >= 11 is 0. The number of aromatic nitrogens is 5. The second-order valence-electron chi connectivity index (χ2n) is 5.10. The van der Waals surface area contributed by atoms with Crippen molar-refractivity contribution in [3.05, 3.63) is 29.6 Å². The van der Waals surface area contributed by atoms with Crippen LogP contribution in [-0.4, -0.2) is 31.3 Å². The molecule has 0 N–H and O–H groups in total. The van der Waals surface area contributed by atoms with Crippen LogP contribution in [0.3, 0.4) is 0 Å². The van der Waals surface area contributed by atoms with E-state index in [1.54, 1.807) is 6.33 Å². The average molecular weight is 258 g/mol. The molecule has 1 saturated heterocycles. The van der Waals surface area contributed by atoms with Gasteiger partial charge in [0.05, 0.1) is 6.04 Å². The molecule has 3 heterocycles. The second-order valence-corrected chi connectivity index (χ2v) is 5.10. The highest BCUT2D eigenvalue weighted by Crippen LogP contribution is 2.33. The predicted molar refractivity (Wildman–Crippen MR) is 71.8 cm³/mol. The van der Waals surface area contributed by atoms with Crippen molar-refractivity contribution in [3.8, 4) is 0 Å². The Kier molecular flexibility index (Phi) is 2.93. The van der Waals surface area contributed by atoms with Crippen LogP contribution in [-0.2, 0) is 7.05 Å². The lowest BCUT2D eigenvalue weighted by Crippen LogP contribution is -2.27. The Hall–Kier alpha value is -1.98. The molecule has 0 aromatic carbocycles. The summed E-state index contributed by atoms with van der Waals surface area (Å²) in [6.45, 7) is 4.98. The fraction of sp³-hybridized carbons (Fsp3) is 0.538. The van der Waals surface area contributed by atoms with Crippen LogP contribution in [0.15, 0.2) is 12.4 Å². The van der Waals surface area contributed by atoms with Crippen molar-refractivity contribution in [3.63, 3.8) is 0 Å². The summed E-state index contributed by atoms with van der Waals surface area (Å²) in [5, 5.41) is 8.21. The van der Waals surface area contributed by atoms with Gasteiger partial charge in [0.2, 0.25) is 5.95 Å². The molecule has 1 aliphatic rings. The highest BCUT2D eigenvalue weighted by molar-refractivity contribution is 5.36. The van der Waals surface area contributed by atoms with Gasteiger partial charge in [-0.05, 0) is 32.8 Å². The van der Waals surface area contributed by atoms with Gasteiger partial charge in [-0.2, -0.15) is 0 Å². The third-order valence-electron chi connectivity index (χ3n) is 3.52. The zero-order valence-electron chi connectivity index (χ0n) is 11.5. The monoisotopic (exact) mass is 258 g/mol. The first-order chi connectivity index (χ1) is 9.15. The maximum Gasteiger partial charge on any atom is 0.226 e. The molecule has 1 unspecified atom stereocenters. The van der Waals surface area contributed by atoms with Crippen molar-refractivity contribution in [2.45, 2.75) is 32.7 Å². The molecule has 100 valence electrons. The summed E-state index contributed by atoms with van der Waals surface area (Å²) in [6, 6.07) is 2.23. The van der Waals surface area contributed by atoms with E-state index in [9.17, 15) is 0 Å². The minimum Gasteiger partial charge on any atom is -0.331 e. The van der Waals surface area contributed by atoms with Gasteiger partial charge in [0.25, 0.3) is 0 Å². The number of nitrogens with zero attached hydrogens (tertiary/aromatic N) is 6. The van der Waals surface area contributed by atoms with E-state index in [0.29, 0.717) is 0 Å². The fourth-order valence-electron chi connectivity index (χ4n) is 2.70. The highest BCUT2D eigenvalue weighted by Gasteiger charge is 2.31. The largest absolute Gasteiger partial charge is 0.331 e. The number of anilines is 1. The molecule has 6 nitrogen and oxygen atoms in total. The van der Waals surface area contributed by atoms with E-state index in [2.05, 4.69) is 25.1 Å². The van der Waals surface area contributed by atoms with Crippen LogP contribution >= 0.6 is 0 Å². The van der Waals surface area contributed by atoms with Crippen molar-refractivity contribution in [2.75, 3.05) is 11.4 Å². The van der Waals surface area contributed by atoms with Crippen LogP contribution in [0.1, 0.15) is 36.1 Å². The Balaban J connectivity index is 1.97. The van der Waals surface area contributed by atoms with Crippen molar-refractivity contribution in [1.29, 1.82) is 0 Å². The smallest absolute Gasteiger partial charge is 0.226 e. The fourth-order valence-corrected chi connectivity index (χ4v) is 2.70. The van der Waals surface area contributed by atoms with Crippen LogP contribution in [0.2, 0.25) is 0 Å². The van der Waals surface area contributed by atoms with Gasteiger partial charge < -0.3 is 9.47 Å². The quantitative estimate of drug-likeness (QED) is 0.818. The topological polar surface area (TPSA) is 59.7 Å². The Morgan fingerprint density at radius 1 is 1.21 bits per heavy atom. The molecule has 6 heteroatoms. The maximum absolute atomic E-state index is 4.56. The average Bonchev–Trinajstić information content (AvgIpc) is 2.95. The summed E-state index contributed by atoms with van der Waals surface area (Å²) in [5.74, 6) is 1.79. The van der Waals surface area contributed by atoms with Gasteiger partial charge in [-0.1, -0.05) is 0 Å². The van der Waals surface area contributed by atoms with E-state index in [0.717, 1.165) is 42.5 Å². The van der Waals surface area contributed by atoms with Gasteiger partial charge in [-0.3, -0.25) is 0 Å². The van der Waals surface area contributed by atoms with E-state index in [1.807, 2.05) is 31.5 Å². The summed E-state index contributed by atoms with van der Waals surface area (Å²) in [7, 11) is 1.98. The van der Waals surface area contributed by atoms with Crippen molar-refractivity contribution in [2.24, 2.45) is 7.05 Å². The molecule has 2 aromatic heterocycles. The van der Waals surface area contributed by atoms with Crippen LogP contribution < -0.4 is 4.90 Å². The Bertz CT molecular complexity index is 570. The van der Waals surface area contributed by atoms with Gasteiger partial charge in [-0.25, -0.2) is 9.97 Å². The molecule has 0 aliphatic carbocycles. The summed E-state index contributed by atoms with van der Waals surface area (Å²) in [6.07, 6.45) is 3.95. The second kappa shape index (κ2) is 4.60. The Morgan fingerprint density at radius 2 is 1.95 bits per heavy atom. The van der Waals surface area contributed by atoms with Gasteiger partial charge in [0.15, 0.2) is 5.82 Å². The zero-order chi connectivity index (χ0) is 13.4. The summed E-state index contributed by atoms with van der Waals surface area (Å²) in [4.78, 5) is 11.4. The molecule has 1 aliphatic heterocycles. The lowest BCUT2D eigenvalue weighted by molar-refractivity contribution is 0.618. The van der Waals surface area contributed by atoms with E-state index >= 15 is 0 Å². The molecule has 0 amide bonds. The van der Waals surface area contributed by atoms with Gasteiger partial charge in [0, 0.05) is 25.0 Å². The molecule has 0 radical (unpaired) electrons. The standard InChI is InChI=1S/C13H18N6/c1-9-7-10(2)16-13(15-9)19-6-4-5-11(19)12-17-14-8-18(12)3/h7-8,11H,4-6H2,1-3H3. The first-order valence-electron chi connectivity index (χ1n) is 6.58. The lowest BCUT2D eigenvalue weighted by atomic mass is 10.2. The van der Waals surface area contributed by atoms with Crippen LogP contribution in [0.25, 0.3) is 0 Å². The first kappa shape index (κ1) is 12.1. The summed E-state index contributed by atoms with van der Waals surface area (Å²) in [5.41, 5.74) is 2.01. The molecule has 1 fully saturated rings. The SMILES string of the molecule is Cc1cc(C)nc(N2CCCC2c2nncn2C)n1. The third-order valence-corrected chi connectivity index (χ3v) is 3.52. The van der Waals surface area contributed by atoms with Crippen LogP contribution in [0.5, 0.6) is 0 Å². The normalized spacial score (nSPS) is 19.1. The van der Waals surface area contributed by atoms with Gasteiger partial charge >= 0.3 is 0 Å². The van der Waals surface area contributed by atoms with E-state index in [4.69, 9.17) is 0 Å². The maximum atomic E-state index is 4.56. The molecule has 3 rings (SSSR count). The minimum atomic E-state index is 0.230.